The highest BCUT2D eigenvalue weighted by Crippen LogP contribution is 2.40. The van der Waals surface area contributed by atoms with Crippen LogP contribution in [0.25, 0.3) is 0 Å². The standard InChI is InChI=1S/C8H9F3N2O/c9-8(10,11)5-13-6(14)7(4-12)2-1-3-7/h1-3,5H2,(H,13,14). The Bertz CT molecular complexity index is 275. The van der Waals surface area contributed by atoms with Crippen molar-refractivity contribution in [2.24, 2.45) is 5.41 Å². The van der Waals surface area contributed by atoms with Crippen molar-refractivity contribution in [3.8, 4) is 6.07 Å². The summed E-state index contributed by atoms with van der Waals surface area (Å²) >= 11 is 0. The minimum Gasteiger partial charge on any atom is -0.346 e. The van der Waals surface area contributed by atoms with E-state index >= 15 is 0 Å². The lowest BCUT2D eigenvalue weighted by Crippen LogP contribution is -2.47. The van der Waals surface area contributed by atoms with Crippen molar-refractivity contribution in [1.82, 2.24) is 5.32 Å². The zero-order chi connectivity index (χ0) is 10.8. The molecule has 3 nitrogen and oxygen atoms in total. The predicted molar refractivity (Wildman–Crippen MR) is 41.0 cm³/mol. The summed E-state index contributed by atoms with van der Waals surface area (Å²) in [4.78, 5) is 11.2. The number of nitriles is 1. The molecule has 1 fully saturated rings. The molecule has 78 valence electrons. The van der Waals surface area contributed by atoms with Gasteiger partial charge < -0.3 is 5.32 Å². The molecule has 0 aromatic heterocycles. The Balaban J connectivity index is 2.47. The number of nitrogens with one attached hydrogen (secondary N) is 1. The summed E-state index contributed by atoms with van der Waals surface area (Å²) in [7, 11) is 0. The van der Waals surface area contributed by atoms with Crippen LogP contribution in [0.5, 0.6) is 0 Å². The molecule has 1 N–H and O–H groups in total. The first-order valence-electron chi connectivity index (χ1n) is 4.16. The third-order valence-corrected chi connectivity index (χ3v) is 2.31. The SMILES string of the molecule is N#CC1(C(=O)NCC(F)(F)F)CCC1. The number of rotatable bonds is 2. The van der Waals surface area contributed by atoms with E-state index in [4.69, 9.17) is 5.26 Å². The van der Waals surface area contributed by atoms with Gasteiger partial charge >= 0.3 is 6.18 Å². The minimum absolute atomic E-state index is 0.354. The van der Waals surface area contributed by atoms with Gasteiger partial charge in [-0.1, -0.05) is 0 Å². The van der Waals surface area contributed by atoms with Crippen LogP contribution in [-0.4, -0.2) is 18.6 Å². The fourth-order valence-electron chi connectivity index (χ4n) is 1.27. The molecule has 1 aliphatic rings. The maximum atomic E-state index is 11.7. The molecule has 0 unspecified atom stereocenters. The summed E-state index contributed by atoms with van der Waals surface area (Å²) in [6, 6.07) is 1.77. The summed E-state index contributed by atoms with van der Waals surface area (Å²) in [5.74, 6) is -0.802. The van der Waals surface area contributed by atoms with Crippen molar-refractivity contribution < 1.29 is 18.0 Å². The largest absolute Gasteiger partial charge is 0.405 e. The van der Waals surface area contributed by atoms with Crippen LogP contribution in [0, 0.1) is 16.7 Å². The van der Waals surface area contributed by atoms with E-state index in [1.807, 2.05) is 0 Å². The molecular formula is C8H9F3N2O. The van der Waals surface area contributed by atoms with Gasteiger partial charge in [0.15, 0.2) is 0 Å². The van der Waals surface area contributed by atoms with Crippen LogP contribution in [0.15, 0.2) is 0 Å². The highest BCUT2D eigenvalue weighted by molar-refractivity contribution is 5.86. The second-order valence-corrected chi connectivity index (χ2v) is 3.35. The molecule has 0 aliphatic heterocycles. The van der Waals surface area contributed by atoms with Crippen LogP contribution in [0.1, 0.15) is 19.3 Å². The first-order valence-corrected chi connectivity index (χ1v) is 4.16. The first-order chi connectivity index (χ1) is 6.40. The van der Waals surface area contributed by atoms with E-state index in [1.165, 1.54) is 0 Å². The number of carbonyl (C=O) groups is 1. The molecular weight excluding hydrogens is 197 g/mol. The van der Waals surface area contributed by atoms with Gasteiger partial charge in [-0.15, -0.1) is 0 Å². The Labute approximate surface area is 78.9 Å². The van der Waals surface area contributed by atoms with Gasteiger partial charge in [-0.2, -0.15) is 18.4 Å². The fourth-order valence-corrected chi connectivity index (χ4v) is 1.27. The van der Waals surface area contributed by atoms with E-state index < -0.39 is 24.0 Å². The zero-order valence-electron chi connectivity index (χ0n) is 7.32. The molecule has 0 spiro atoms. The maximum absolute atomic E-state index is 11.7. The number of hydrogen-bond acceptors (Lipinski definition) is 2. The lowest BCUT2D eigenvalue weighted by molar-refractivity contribution is -0.145. The van der Waals surface area contributed by atoms with Gasteiger partial charge in [-0.05, 0) is 19.3 Å². The average molecular weight is 206 g/mol. The van der Waals surface area contributed by atoms with E-state index in [1.54, 1.807) is 11.4 Å². The highest BCUT2D eigenvalue weighted by Gasteiger charge is 2.45. The van der Waals surface area contributed by atoms with Crippen LogP contribution in [0.2, 0.25) is 0 Å². The molecule has 14 heavy (non-hydrogen) atoms. The van der Waals surface area contributed by atoms with Crippen molar-refractivity contribution in [1.29, 1.82) is 5.26 Å². The van der Waals surface area contributed by atoms with Crippen LogP contribution >= 0.6 is 0 Å². The first kappa shape index (κ1) is 10.8. The van der Waals surface area contributed by atoms with E-state index in [-0.39, 0.29) is 0 Å². The lowest BCUT2D eigenvalue weighted by atomic mass is 9.69. The molecule has 0 aromatic carbocycles. The normalized spacial score (nSPS) is 19.3. The predicted octanol–water partition coefficient (Wildman–Crippen LogP) is 1.36. The van der Waals surface area contributed by atoms with Crippen LogP contribution < -0.4 is 5.32 Å². The van der Waals surface area contributed by atoms with Crippen molar-refractivity contribution in [2.75, 3.05) is 6.54 Å². The van der Waals surface area contributed by atoms with Gasteiger partial charge in [0.05, 0.1) is 6.07 Å². The van der Waals surface area contributed by atoms with Crippen LogP contribution in [0.3, 0.4) is 0 Å². The molecule has 0 bridgehead atoms. The van der Waals surface area contributed by atoms with Crippen molar-refractivity contribution in [3.63, 3.8) is 0 Å². The molecule has 1 amide bonds. The van der Waals surface area contributed by atoms with Crippen molar-refractivity contribution >= 4 is 5.91 Å². The topological polar surface area (TPSA) is 52.9 Å². The third-order valence-electron chi connectivity index (χ3n) is 2.31. The van der Waals surface area contributed by atoms with Gasteiger partial charge in [-0.25, -0.2) is 0 Å². The number of nitrogens with zero attached hydrogens (tertiary/aromatic N) is 1. The number of halogens is 3. The monoisotopic (exact) mass is 206 g/mol. The van der Waals surface area contributed by atoms with Gasteiger partial charge in [0.1, 0.15) is 12.0 Å². The summed E-state index contributed by atoms with van der Waals surface area (Å²) in [6.07, 6.45) is -3.00. The van der Waals surface area contributed by atoms with Gasteiger partial charge in [0.25, 0.3) is 0 Å². The third kappa shape index (κ3) is 2.16. The molecule has 1 aliphatic carbocycles. The van der Waals surface area contributed by atoms with Crippen LogP contribution in [-0.2, 0) is 4.79 Å². The van der Waals surface area contributed by atoms with E-state index in [0.717, 1.165) is 0 Å². The Hall–Kier alpha value is -1.25. The second kappa shape index (κ2) is 3.48. The zero-order valence-corrected chi connectivity index (χ0v) is 7.32. The quantitative estimate of drug-likeness (QED) is 0.741. The second-order valence-electron chi connectivity index (χ2n) is 3.35. The van der Waals surface area contributed by atoms with Gasteiger partial charge in [0.2, 0.25) is 5.91 Å². The molecule has 0 atom stereocenters. The van der Waals surface area contributed by atoms with E-state index in [2.05, 4.69) is 0 Å². The Morgan fingerprint density at radius 3 is 2.36 bits per heavy atom. The Kier molecular flexibility index (Phi) is 2.69. The highest BCUT2D eigenvalue weighted by atomic mass is 19.4. The van der Waals surface area contributed by atoms with Crippen LogP contribution in [0.4, 0.5) is 13.2 Å². The molecule has 1 rings (SSSR count). The molecule has 0 heterocycles. The smallest absolute Gasteiger partial charge is 0.346 e. The summed E-state index contributed by atoms with van der Waals surface area (Å²) in [5, 5.41) is 10.4. The fraction of sp³-hybridized carbons (Fsp3) is 0.750. The number of alkyl halides is 3. The van der Waals surface area contributed by atoms with E-state index in [9.17, 15) is 18.0 Å². The Morgan fingerprint density at radius 2 is 2.07 bits per heavy atom. The van der Waals surface area contributed by atoms with E-state index in [0.29, 0.717) is 19.3 Å². The van der Waals surface area contributed by atoms with Gasteiger partial charge in [0, 0.05) is 0 Å². The Morgan fingerprint density at radius 1 is 1.50 bits per heavy atom. The average Bonchev–Trinajstić information content (AvgIpc) is 1.98. The lowest BCUT2D eigenvalue weighted by Gasteiger charge is -2.33. The summed E-state index contributed by atoms with van der Waals surface area (Å²) in [6.45, 7) is -1.37. The molecule has 0 radical (unpaired) electrons. The minimum atomic E-state index is -4.42. The summed E-state index contributed by atoms with van der Waals surface area (Å²) < 4.78 is 35.2. The maximum Gasteiger partial charge on any atom is 0.405 e. The van der Waals surface area contributed by atoms with Crippen molar-refractivity contribution in [2.45, 2.75) is 25.4 Å². The molecule has 0 saturated heterocycles. The van der Waals surface area contributed by atoms with Gasteiger partial charge in [-0.3, -0.25) is 4.79 Å². The number of carbonyl (C=O) groups excluding carboxylic acids is 1. The number of amides is 1. The molecule has 6 heteroatoms. The molecule has 0 aromatic rings. The number of hydrogen-bond donors (Lipinski definition) is 1. The summed E-state index contributed by atoms with van der Waals surface area (Å²) in [5.41, 5.74) is -1.20. The van der Waals surface area contributed by atoms with Crippen molar-refractivity contribution in [3.05, 3.63) is 0 Å². The molecule has 1 saturated carbocycles.